The van der Waals surface area contributed by atoms with Crippen molar-refractivity contribution in [3.05, 3.63) is 36.2 Å². The lowest BCUT2D eigenvalue weighted by atomic mass is 9.90. The van der Waals surface area contributed by atoms with Crippen molar-refractivity contribution in [3.8, 4) is 11.5 Å². The van der Waals surface area contributed by atoms with Gasteiger partial charge in [0.1, 0.15) is 11.5 Å². The Morgan fingerprint density at radius 3 is 2.30 bits per heavy atom. The normalized spacial score (nSPS) is 22.4. The van der Waals surface area contributed by atoms with Gasteiger partial charge in [0.05, 0.1) is 0 Å². The van der Waals surface area contributed by atoms with Gasteiger partial charge >= 0.3 is 6.18 Å². The molecule has 0 unspecified atom stereocenters. The number of rotatable bonds is 4. The van der Waals surface area contributed by atoms with Crippen LogP contribution in [-0.4, -0.2) is 43.7 Å². The molecule has 1 aliphatic heterocycles. The minimum Gasteiger partial charge on any atom is -0.367 e. The molecule has 2 fully saturated rings. The lowest BCUT2D eigenvalue weighted by Crippen LogP contribution is -2.43. The van der Waals surface area contributed by atoms with Crippen molar-refractivity contribution in [3.63, 3.8) is 0 Å². The number of amides is 2. The van der Waals surface area contributed by atoms with Gasteiger partial charge in [-0.1, -0.05) is 6.07 Å². The van der Waals surface area contributed by atoms with Gasteiger partial charge in [-0.05, 0) is 37.8 Å². The molecular weight excluding hydrogens is 399 g/mol. The standard InChI is InChI=1S/C20H20F3N5O2/c21-20(22,23)15-11-16(27-19(26-15)14-3-1-2-10-24-14)25-12-4-6-13(7-5-12)28-17(29)8-9-18(28)30/h1-3,10-13H,4-9H2,(H,25,26,27). The second-order valence-electron chi connectivity index (χ2n) is 7.48. The number of likely N-dealkylation sites (tertiary alicyclic amines) is 1. The Balaban J connectivity index is 1.49. The van der Waals surface area contributed by atoms with Crippen LogP contribution in [0.3, 0.4) is 0 Å². The van der Waals surface area contributed by atoms with E-state index in [-0.39, 0.29) is 54.1 Å². The first-order chi connectivity index (χ1) is 14.3. The number of hydrogen-bond acceptors (Lipinski definition) is 6. The SMILES string of the molecule is O=C1CCC(=O)N1C1CCC(Nc2cc(C(F)(F)F)nc(-c3ccccn3)n2)CC1. The molecule has 2 aromatic rings. The molecule has 2 aromatic heterocycles. The van der Waals surface area contributed by atoms with Gasteiger partial charge in [-0.2, -0.15) is 13.2 Å². The summed E-state index contributed by atoms with van der Waals surface area (Å²) < 4.78 is 40.0. The van der Waals surface area contributed by atoms with Crippen molar-refractivity contribution >= 4 is 17.6 Å². The maximum Gasteiger partial charge on any atom is 0.433 e. The number of halogens is 3. The second kappa shape index (κ2) is 8.00. The van der Waals surface area contributed by atoms with Crippen molar-refractivity contribution in [2.45, 2.75) is 56.8 Å². The highest BCUT2D eigenvalue weighted by Gasteiger charge is 2.37. The van der Waals surface area contributed by atoms with Crippen LogP contribution in [0.1, 0.15) is 44.2 Å². The van der Waals surface area contributed by atoms with E-state index in [2.05, 4.69) is 20.3 Å². The highest BCUT2D eigenvalue weighted by Crippen LogP contribution is 2.32. The summed E-state index contributed by atoms with van der Waals surface area (Å²) in [4.78, 5) is 37.1. The van der Waals surface area contributed by atoms with Crippen LogP contribution >= 0.6 is 0 Å². The van der Waals surface area contributed by atoms with Crippen LogP contribution in [0.5, 0.6) is 0 Å². The summed E-state index contributed by atoms with van der Waals surface area (Å²) in [6.07, 6.45) is -0.175. The summed E-state index contributed by atoms with van der Waals surface area (Å²) in [6, 6.07) is 5.51. The van der Waals surface area contributed by atoms with Crippen LogP contribution in [0.2, 0.25) is 0 Å². The summed E-state index contributed by atoms with van der Waals surface area (Å²) in [7, 11) is 0. The van der Waals surface area contributed by atoms with E-state index in [1.807, 2.05) is 0 Å². The minimum absolute atomic E-state index is 0.0785. The third-order valence-electron chi connectivity index (χ3n) is 5.41. The quantitative estimate of drug-likeness (QED) is 0.764. The highest BCUT2D eigenvalue weighted by atomic mass is 19.4. The molecule has 3 heterocycles. The first kappa shape index (κ1) is 20.2. The van der Waals surface area contributed by atoms with Gasteiger partial charge in [0.25, 0.3) is 0 Å². The summed E-state index contributed by atoms with van der Waals surface area (Å²) in [5, 5.41) is 3.07. The molecule has 0 spiro atoms. The molecule has 1 saturated carbocycles. The zero-order valence-corrected chi connectivity index (χ0v) is 16.0. The third kappa shape index (κ3) is 4.27. The summed E-state index contributed by atoms with van der Waals surface area (Å²) in [6.45, 7) is 0. The van der Waals surface area contributed by atoms with E-state index in [0.717, 1.165) is 6.07 Å². The number of nitrogens with one attached hydrogen (secondary N) is 1. The second-order valence-corrected chi connectivity index (χ2v) is 7.48. The van der Waals surface area contributed by atoms with E-state index >= 15 is 0 Å². The fourth-order valence-electron chi connectivity index (χ4n) is 3.96. The maximum atomic E-state index is 13.3. The molecular formula is C20H20F3N5O2. The Kier molecular flexibility index (Phi) is 5.40. The number of carbonyl (C=O) groups is 2. The van der Waals surface area contributed by atoms with E-state index in [1.165, 1.54) is 11.1 Å². The van der Waals surface area contributed by atoms with Crippen molar-refractivity contribution in [2.75, 3.05) is 5.32 Å². The van der Waals surface area contributed by atoms with Crippen LogP contribution < -0.4 is 5.32 Å². The average Bonchev–Trinajstić information content (AvgIpc) is 3.07. The molecule has 1 aliphatic carbocycles. The average molecular weight is 419 g/mol. The first-order valence-electron chi connectivity index (χ1n) is 9.80. The zero-order valence-electron chi connectivity index (χ0n) is 16.0. The van der Waals surface area contributed by atoms with Gasteiger partial charge in [0.2, 0.25) is 11.8 Å². The number of pyridine rings is 1. The topological polar surface area (TPSA) is 88.1 Å². The Bertz CT molecular complexity index is 927. The minimum atomic E-state index is -4.61. The molecule has 0 atom stereocenters. The maximum absolute atomic E-state index is 13.3. The smallest absolute Gasteiger partial charge is 0.367 e. The van der Waals surface area contributed by atoms with Crippen LogP contribution in [0.15, 0.2) is 30.5 Å². The van der Waals surface area contributed by atoms with E-state index in [4.69, 9.17) is 0 Å². The van der Waals surface area contributed by atoms with Crippen molar-refractivity contribution in [1.29, 1.82) is 0 Å². The summed E-state index contributed by atoms with van der Waals surface area (Å²) >= 11 is 0. The Morgan fingerprint density at radius 1 is 1.00 bits per heavy atom. The Labute approximate surface area is 170 Å². The van der Waals surface area contributed by atoms with E-state index in [9.17, 15) is 22.8 Å². The van der Waals surface area contributed by atoms with Gasteiger partial charge < -0.3 is 5.32 Å². The van der Waals surface area contributed by atoms with Gasteiger partial charge in [-0.25, -0.2) is 9.97 Å². The Morgan fingerprint density at radius 2 is 1.70 bits per heavy atom. The number of nitrogens with zero attached hydrogens (tertiary/aromatic N) is 4. The first-order valence-corrected chi connectivity index (χ1v) is 9.80. The lowest BCUT2D eigenvalue weighted by Gasteiger charge is -2.34. The largest absolute Gasteiger partial charge is 0.433 e. The molecule has 0 radical (unpaired) electrons. The fourth-order valence-corrected chi connectivity index (χ4v) is 3.96. The molecule has 0 bridgehead atoms. The van der Waals surface area contributed by atoms with Gasteiger partial charge in [-0.15, -0.1) is 0 Å². The number of hydrogen-bond donors (Lipinski definition) is 1. The molecule has 1 N–H and O–H groups in total. The molecule has 30 heavy (non-hydrogen) atoms. The molecule has 2 aliphatic rings. The van der Waals surface area contributed by atoms with Gasteiger partial charge in [0.15, 0.2) is 11.5 Å². The van der Waals surface area contributed by atoms with E-state index < -0.39 is 11.9 Å². The van der Waals surface area contributed by atoms with Crippen molar-refractivity contribution < 1.29 is 22.8 Å². The predicted molar refractivity (Wildman–Crippen MR) is 101 cm³/mol. The van der Waals surface area contributed by atoms with E-state index in [1.54, 1.807) is 18.2 Å². The number of anilines is 1. The van der Waals surface area contributed by atoms with Crippen LogP contribution in [0.25, 0.3) is 11.5 Å². The van der Waals surface area contributed by atoms with Crippen LogP contribution in [0, 0.1) is 0 Å². The van der Waals surface area contributed by atoms with Crippen molar-refractivity contribution in [1.82, 2.24) is 19.9 Å². The molecule has 7 nitrogen and oxygen atoms in total. The number of imide groups is 1. The van der Waals surface area contributed by atoms with Crippen LogP contribution in [-0.2, 0) is 15.8 Å². The molecule has 4 rings (SSSR count). The molecule has 158 valence electrons. The molecule has 0 aromatic carbocycles. The third-order valence-corrected chi connectivity index (χ3v) is 5.41. The number of carbonyl (C=O) groups excluding carboxylic acids is 2. The molecule has 10 heteroatoms. The van der Waals surface area contributed by atoms with Gasteiger partial charge in [-0.3, -0.25) is 19.5 Å². The summed E-state index contributed by atoms with van der Waals surface area (Å²) in [5.74, 6) is -0.298. The lowest BCUT2D eigenvalue weighted by molar-refractivity contribution is -0.142. The number of aromatic nitrogens is 3. The monoisotopic (exact) mass is 419 g/mol. The number of alkyl halides is 3. The Hall–Kier alpha value is -3.04. The fraction of sp³-hybridized carbons (Fsp3) is 0.450. The highest BCUT2D eigenvalue weighted by molar-refractivity contribution is 6.02. The van der Waals surface area contributed by atoms with E-state index in [0.29, 0.717) is 25.7 Å². The zero-order chi connectivity index (χ0) is 21.3. The van der Waals surface area contributed by atoms with Crippen molar-refractivity contribution in [2.24, 2.45) is 0 Å². The molecule has 1 saturated heterocycles. The summed E-state index contributed by atoms with van der Waals surface area (Å²) in [5.41, 5.74) is -0.788. The molecule has 2 amide bonds. The predicted octanol–water partition coefficient (Wildman–Crippen LogP) is 3.43. The van der Waals surface area contributed by atoms with Gasteiger partial charge in [0, 0.05) is 37.2 Å². The van der Waals surface area contributed by atoms with Crippen LogP contribution in [0.4, 0.5) is 19.0 Å².